The van der Waals surface area contributed by atoms with Crippen molar-refractivity contribution in [1.29, 1.82) is 0 Å². The molecule has 0 aliphatic carbocycles. The summed E-state index contributed by atoms with van der Waals surface area (Å²) in [6, 6.07) is 0.176. The zero-order chi connectivity index (χ0) is 13.7. The number of rotatable bonds is 4. The first kappa shape index (κ1) is 14.0. The molecule has 1 aliphatic rings. The number of carbonyl (C=O) groups is 2. The average molecular weight is 282 g/mol. The monoisotopic (exact) mass is 282 g/mol. The first-order chi connectivity index (χ1) is 9.19. The van der Waals surface area contributed by atoms with E-state index >= 15 is 0 Å². The van der Waals surface area contributed by atoms with Crippen LogP contribution in [0.1, 0.15) is 23.3 Å². The third kappa shape index (κ3) is 4.00. The van der Waals surface area contributed by atoms with E-state index in [1.807, 2.05) is 0 Å². The van der Waals surface area contributed by atoms with Crippen molar-refractivity contribution in [3.05, 3.63) is 16.6 Å². The highest BCUT2D eigenvalue weighted by Crippen LogP contribution is 2.11. The van der Waals surface area contributed by atoms with Crippen LogP contribution in [0.15, 0.2) is 10.9 Å². The number of piperidine rings is 1. The molecule has 0 atom stereocenters. The number of carbonyl (C=O) groups excluding carboxylic acids is 2. The summed E-state index contributed by atoms with van der Waals surface area (Å²) < 4.78 is 0. The number of amides is 2. The van der Waals surface area contributed by atoms with E-state index in [2.05, 4.69) is 20.5 Å². The van der Waals surface area contributed by atoms with E-state index in [9.17, 15) is 9.59 Å². The van der Waals surface area contributed by atoms with Crippen molar-refractivity contribution in [2.24, 2.45) is 0 Å². The van der Waals surface area contributed by atoms with Crippen molar-refractivity contribution < 1.29 is 9.59 Å². The average Bonchev–Trinajstić information content (AvgIpc) is 2.95. The Kier molecular flexibility index (Phi) is 4.86. The summed E-state index contributed by atoms with van der Waals surface area (Å²) in [7, 11) is 1.64. The minimum atomic E-state index is -0.106. The van der Waals surface area contributed by atoms with E-state index in [0.717, 1.165) is 25.9 Å². The summed E-state index contributed by atoms with van der Waals surface area (Å²) in [6.07, 6.45) is 1.74. The Labute approximate surface area is 116 Å². The fourth-order valence-electron chi connectivity index (χ4n) is 2.10. The van der Waals surface area contributed by atoms with E-state index < -0.39 is 0 Å². The van der Waals surface area contributed by atoms with E-state index in [4.69, 9.17) is 0 Å². The SMILES string of the molecule is CNC(=O)CN1CCC(NC(=O)c2cscn2)CC1. The molecule has 1 saturated heterocycles. The summed E-state index contributed by atoms with van der Waals surface area (Å²) in [4.78, 5) is 29.2. The Bertz CT molecular complexity index is 427. The van der Waals surface area contributed by atoms with Gasteiger partial charge in [0, 0.05) is 31.6 Å². The van der Waals surface area contributed by atoms with Gasteiger partial charge >= 0.3 is 0 Å². The molecular formula is C12H18N4O2S. The Morgan fingerprint density at radius 2 is 2.21 bits per heavy atom. The number of nitrogens with one attached hydrogen (secondary N) is 2. The molecule has 2 amide bonds. The molecule has 2 heterocycles. The minimum absolute atomic E-state index is 0.0324. The van der Waals surface area contributed by atoms with Gasteiger partial charge in [-0.25, -0.2) is 4.98 Å². The van der Waals surface area contributed by atoms with Crippen LogP contribution in [-0.4, -0.2) is 54.4 Å². The van der Waals surface area contributed by atoms with Crippen molar-refractivity contribution >= 4 is 23.2 Å². The van der Waals surface area contributed by atoms with Gasteiger partial charge in [0.1, 0.15) is 5.69 Å². The Hall–Kier alpha value is -1.47. The highest BCUT2D eigenvalue weighted by molar-refractivity contribution is 7.07. The number of hydrogen-bond donors (Lipinski definition) is 2. The molecule has 0 radical (unpaired) electrons. The maximum Gasteiger partial charge on any atom is 0.270 e. The topological polar surface area (TPSA) is 74.3 Å². The largest absolute Gasteiger partial charge is 0.358 e. The molecule has 0 aromatic carbocycles. The molecular weight excluding hydrogens is 264 g/mol. The Morgan fingerprint density at radius 3 is 2.79 bits per heavy atom. The van der Waals surface area contributed by atoms with Gasteiger partial charge in [0.25, 0.3) is 5.91 Å². The van der Waals surface area contributed by atoms with Crippen molar-refractivity contribution in [3.8, 4) is 0 Å². The number of thiazole rings is 1. The van der Waals surface area contributed by atoms with Gasteiger partial charge in [0.2, 0.25) is 5.91 Å². The first-order valence-corrected chi connectivity index (χ1v) is 7.25. The van der Waals surface area contributed by atoms with Gasteiger partial charge in [0.15, 0.2) is 0 Å². The molecule has 7 heteroatoms. The molecule has 0 bridgehead atoms. The molecule has 1 fully saturated rings. The van der Waals surface area contributed by atoms with Crippen LogP contribution in [0.3, 0.4) is 0 Å². The van der Waals surface area contributed by atoms with Crippen LogP contribution in [0.2, 0.25) is 0 Å². The highest BCUT2D eigenvalue weighted by Gasteiger charge is 2.22. The molecule has 6 nitrogen and oxygen atoms in total. The lowest BCUT2D eigenvalue weighted by atomic mass is 10.0. The summed E-state index contributed by atoms with van der Waals surface area (Å²) in [5.41, 5.74) is 2.14. The van der Waals surface area contributed by atoms with Gasteiger partial charge in [-0.05, 0) is 12.8 Å². The Balaban J connectivity index is 1.74. The predicted octanol–water partition coefficient (Wildman–Crippen LogP) is 0.0833. The van der Waals surface area contributed by atoms with E-state index in [1.54, 1.807) is 17.9 Å². The highest BCUT2D eigenvalue weighted by atomic mass is 32.1. The molecule has 0 unspecified atom stereocenters. The Morgan fingerprint density at radius 1 is 1.47 bits per heavy atom. The van der Waals surface area contributed by atoms with E-state index in [0.29, 0.717) is 12.2 Å². The van der Waals surface area contributed by atoms with Crippen molar-refractivity contribution in [3.63, 3.8) is 0 Å². The van der Waals surface area contributed by atoms with Crippen LogP contribution in [0.4, 0.5) is 0 Å². The van der Waals surface area contributed by atoms with E-state index in [1.165, 1.54) is 11.3 Å². The molecule has 104 valence electrons. The lowest BCUT2D eigenvalue weighted by Gasteiger charge is -2.31. The quantitative estimate of drug-likeness (QED) is 0.820. The van der Waals surface area contributed by atoms with Gasteiger partial charge in [-0.15, -0.1) is 11.3 Å². The van der Waals surface area contributed by atoms with Gasteiger partial charge in [-0.3, -0.25) is 14.5 Å². The molecule has 0 spiro atoms. The standard InChI is InChI=1S/C12H18N4O2S/c1-13-11(17)6-16-4-2-9(3-5-16)15-12(18)10-7-19-8-14-10/h7-9H,2-6H2,1H3,(H,13,17)(H,15,18). The van der Waals surface area contributed by atoms with Crippen molar-refractivity contribution in [1.82, 2.24) is 20.5 Å². The van der Waals surface area contributed by atoms with Crippen LogP contribution < -0.4 is 10.6 Å². The number of likely N-dealkylation sites (N-methyl/N-ethyl adjacent to an activating group) is 1. The summed E-state index contributed by atoms with van der Waals surface area (Å²) >= 11 is 1.42. The number of aromatic nitrogens is 1. The molecule has 0 saturated carbocycles. The first-order valence-electron chi connectivity index (χ1n) is 6.31. The lowest BCUT2D eigenvalue weighted by molar-refractivity contribution is -0.122. The molecule has 19 heavy (non-hydrogen) atoms. The van der Waals surface area contributed by atoms with Crippen LogP contribution in [0, 0.1) is 0 Å². The number of likely N-dealkylation sites (tertiary alicyclic amines) is 1. The minimum Gasteiger partial charge on any atom is -0.358 e. The maximum atomic E-state index is 11.8. The third-order valence-electron chi connectivity index (χ3n) is 3.23. The number of hydrogen-bond acceptors (Lipinski definition) is 5. The fraction of sp³-hybridized carbons (Fsp3) is 0.583. The van der Waals surface area contributed by atoms with E-state index in [-0.39, 0.29) is 17.9 Å². The van der Waals surface area contributed by atoms with Gasteiger partial charge in [0.05, 0.1) is 12.1 Å². The second kappa shape index (κ2) is 6.63. The molecule has 2 rings (SSSR count). The molecule has 1 aliphatic heterocycles. The molecule has 2 N–H and O–H groups in total. The van der Waals surface area contributed by atoms with Crippen LogP contribution in [0.5, 0.6) is 0 Å². The van der Waals surface area contributed by atoms with Crippen LogP contribution in [-0.2, 0) is 4.79 Å². The lowest BCUT2D eigenvalue weighted by Crippen LogP contribution is -2.47. The van der Waals surface area contributed by atoms with Gasteiger partial charge in [-0.2, -0.15) is 0 Å². The van der Waals surface area contributed by atoms with Crippen molar-refractivity contribution in [2.45, 2.75) is 18.9 Å². The van der Waals surface area contributed by atoms with Gasteiger partial charge < -0.3 is 10.6 Å². The normalized spacial score (nSPS) is 17.1. The summed E-state index contributed by atoms with van der Waals surface area (Å²) in [5, 5.41) is 7.35. The maximum absolute atomic E-state index is 11.8. The number of nitrogens with zero attached hydrogens (tertiary/aromatic N) is 2. The van der Waals surface area contributed by atoms with Gasteiger partial charge in [-0.1, -0.05) is 0 Å². The second-order valence-corrected chi connectivity index (χ2v) is 5.29. The molecule has 1 aromatic heterocycles. The smallest absolute Gasteiger partial charge is 0.270 e. The zero-order valence-electron chi connectivity index (χ0n) is 10.9. The third-order valence-corrected chi connectivity index (χ3v) is 3.82. The van der Waals surface area contributed by atoms with Crippen molar-refractivity contribution in [2.75, 3.05) is 26.7 Å². The zero-order valence-corrected chi connectivity index (χ0v) is 11.7. The second-order valence-electron chi connectivity index (χ2n) is 4.57. The van der Waals surface area contributed by atoms with Crippen LogP contribution in [0.25, 0.3) is 0 Å². The van der Waals surface area contributed by atoms with Crippen LogP contribution >= 0.6 is 11.3 Å². The summed E-state index contributed by atoms with van der Waals surface area (Å²) in [6.45, 7) is 2.09. The summed E-state index contributed by atoms with van der Waals surface area (Å²) in [5.74, 6) is -0.0732. The predicted molar refractivity (Wildman–Crippen MR) is 73.1 cm³/mol. The fourth-order valence-corrected chi connectivity index (χ4v) is 2.63. The molecule has 1 aromatic rings.